The van der Waals surface area contributed by atoms with Crippen LogP contribution in [0.1, 0.15) is 0 Å². The molecule has 1 aliphatic rings. The Balaban J connectivity index is 2.79. The lowest BCUT2D eigenvalue weighted by Gasteiger charge is -2.02. The normalized spacial score (nSPS) is 25.5. The van der Waals surface area contributed by atoms with Crippen molar-refractivity contribution in [1.82, 2.24) is 0 Å². The quantitative estimate of drug-likeness (QED) is 0.416. The molecular formula is C3H5NO3S. The Morgan fingerprint density at radius 1 is 1.62 bits per heavy atom. The minimum Gasteiger partial charge on any atom is -0.276 e. The van der Waals surface area contributed by atoms with Gasteiger partial charge in [-0.3, -0.25) is 9.18 Å². The van der Waals surface area contributed by atoms with Crippen LogP contribution in [0.3, 0.4) is 0 Å². The van der Waals surface area contributed by atoms with Crippen LogP contribution in [0, 0.1) is 0 Å². The minimum absolute atomic E-state index is 0.0856. The first-order chi connectivity index (χ1) is 3.71. The average Bonchev–Trinajstić information content (AvgIpc) is 1.65. The predicted octanol–water partition coefficient (Wildman–Crippen LogP) is -0.625. The molecule has 0 aromatic carbocycles. The monoisotopic (exact) mass is 135 g/mol. The maximum absolute atomic E-state index is 10.3. The van der Waals surface area contributed by atoms with Crippen molar-refractivity contribution in [2.45, 2.75) is 0 Å². The van der Waals surface area contributed by atoms with Gasteiger partial charge >= 0.3 is 0 Å². The van der Waals surface area contributed by atoms with Crippen molar-refractivity contribution in [2.75, 3.05) is 12.5 Å². The lowest BCUT2D eigenvalue weighted by molar-refractivity contribution is 0.366. The molecule has 0 aliphatic carbocycles. The maximum Gasteiger partial charge on any atom is 0.288 e. The average molecular weight is 135 g/mol. The summed E-state index contributed by atoms with van der Waals surface area (Å²) in [7, 11) is -3.28. The Kier molecular flexibility index (Phi) is 1.31. The fraction of sp³-hybridized carbons (Fsp3) is 0.667. The molecule has 0 spiro atoms. The van der Waals surface area contributed by atoms with Crippen molar-refractivity contribution in [2.24, 2.45) is 4.99 Å². The molecule has 0 aromatic rings. The Morgan fingerprint density at radius 2 is 2.38 bits per heavy atom. The Morgan fingerprint density at radius 3 is 2.62 bits per heavy atom. The van der Waals surface area contributed by atoms with Crippen LogP contribution in [0.4, 0.5) is 0 Å². The van der Waals surface area contributed by atoms with E-state index in [0.717, 1.165) is 0 Å². The summed E-state index contributed by atoms with van der Waals surface area (Å²) in [6.07, 6.45) is 1.43. The molecule has 0 saturated heterocycles. The van der Waals surface area contributed by atoms with Crippen LogP contribution in [0.5, 0.6) is 0 Å². The molecular weight excluding hydrogens is 130 g/mol. The summed E-state index contributed by atoms with van der Waals surface area (Å²) >= 11 is 0. The summed E-state index contributed by atoms with van der Waals surface area (Å²) in [5.74, 6) is -0.229. The minimum atomic E-state index is -3.28. The molecule has 1 aliphatic heterocycles. The van der Waals surface area contributed by atoms with Gasteiger partial charge in [-0.05, 0) is 0 Å². The number of hydrogen-bond acceptors (Lipinski definition) is 4. The molecule has 0 fully saturated rings. The standard InChI is InChI=1S/C3H5NO3S/c5-8(6)3-4-1-2-7-8/h1H,2-3H2. The predicted molar refractivity (Wildman–Crippen MR) is 28.2 cm³/mol. The second-order valence-corrected chi connectivity index (χ2v) is 2.95. The fourth-order valence-electron chi connectivity index (χ4n) is 0.368. The van der Waals surface area contributed by atoms with Gasteiger partial charge in [0.1, 0.15) is 6.61 Å². The Labute approximate surface area is 47.3 Å². The van der Waals surface area contributed by atoms with Gasteiger partial charge in [0.05, 0.1) is 0 Å². The zero-order chi connectivity index (χ0) is 6.04. The summed E-state index contributed by atoms with van der Waals surface area (Å²) in [6.45, 7) is 0.0856. The van der Waals surface area contributed by atoms with Crippen LogP contribution in [0.2, 0.25) is 0 Å². The molecule has 0 aromatic heterocycles. The van der Waals surface area contributed by atoms with Crippen LogP contribution >= 0.6 is 0 Å². The van der Waals surface area contributed by atoms with Gasteiger partial charge in [-0.2, -0.15) is 8.42 Å². The molecule has 5 heteroatoms. The first-order valence-electron chi connectivity index (χ1n) is 2.06. The van der Waals surface area contributed by atoms with Gasteiger partial charge in [-0.15, -0.1) is 0 Å². The molecule has 4 nitrogen and oxygen atoms in total. The fourth-order valence-corrected chi connectivity index (χ4v) is 0.999. The molecule has 0 N–H and O–H groups in total. The summed E-state index contributed by atoms with van der Waals surface area (Å²) in [4.78, 5) is 3.49. The number of hydrogen-bond donors (Lipinski definition) is 0. The molecule has 0 atom stereocenters. The second-order valence-electron chi connectivity index (χ2n) is 1.34. The molecule has 1 rings (SSSR count). The number of rotatable bonds is 0. The highest BCUT2D eigenvalue weighted by molar-refractivity contribution is 7.86. The van der Waals surface area contributed by atoms with Gasteiger partial charge < -0.3 is 0 Å². The van der Waals surface area contributed by atoms with Crippen LogP contribution < -0.4 is 0 Å². The Bertz CT molecular complexity index is 193. The van der Waals surface area contributed by atoms with Gasteiger partial charge in [0.15, 0.2) is 5.88 Å². The maximum atomic E-state index is 10.3. The highest BCUT2D eigenvalue weighted by atomic mass is 32.2. The first kappa shape index (κ1) is 5.71. The molecule has 46 valence electrons. The van der Waals surface area contributed by atoms with E-state index in [1.807, 2.05) is 0 Å². The van der Waals surface area contributed by atoms with E-state index in [4.69, 9.17) is 0 Å². The van der Waals surface area contributed by atoms with Crippen molar-refractivity contribution < 1.29 is 12.6 Å². The Hall–Kier alpha value is -0.420. The highest BCUT2D eigenvalue weighted by Crippen LogP contribution is 1.95. The molecule has 8 heavy (non-hydrogen) atoms. The van der Waals surface area contributed by atoms with Gasteiger partial charge in [0, 0.05) is 6.21 Å². The highest BCUT2D eigenvalue weighted by Gasteiger charge is 2.11. The van der Waals surface area contributed by atoms with Crippen LogP contribution in [0.15, 0.2) is 4.99 Å². The third-order valence-electron chi connectivity index (χ3n) is 0.684. The second kappa shape index (κ2) is 1.83. The topological polar surface area (TPSA) is 55.7 Å². The van der Waals surface area contributed by atoms with Gasteiger partial charge in [-0.25, -0.2) is 0 Å². The number of aliphatic imine (C=N–C) groups is 1. The van der Waals surface area contributed by atoms with Crippen LogP contribution in [-0.4, -0.2) is 27.1 Å². The third-order valence-corrected chi connectivity index (χ3v) is 1.64. The van der Waals surface area contributed by atoms with E-state index in [2.05, 4.69) is 9.18 Å². The van der Waals surface area contributed by atoms with E-state index >= 15 is 0 Å². The van der Waals surface area contributed by atoms with Crippen LogP contribution in [-0.2, 0) is 14.3 Å². The van der Waals surface area contributed by atoms with Crippen molar-refractivity contribution in [3.8, 4) is 0 Å². The molecule has 0 unspecified atom stereocenters. The molecule has 0 saturated carbocycles. The molecule has 0 amide bonds. The zero-order valence-electron chi connectivity index (χ0n) is 4.07. The molecule has 0 bridgehead atoms. The smallest absolute Gasteiger partial charge is 0.276 e. The van der Waals surface area contributed by atoms with E-state index < -0.39 is 10.1 Å². The summed E-state index contributed by atoms with van der Waals surface area (Å²) < 4.78 is 24.9. The van der Waals surface area contributed by atoms with Crippen molar-refractivity contribution >= 4 is 16.3 Å². The van der Waals surface area contributed by atoms with Crippen molar-refractivity contribution in [3.63, 3.8) is 0 Å². The van der Waals surface area contributed by atoms with Crippen molar-refractivity contribution in [1.29, 1.82) is 0 Å². The summed E-state index contributed by atoms with van der Waals surface area (Å²) in [6, 6.07) is 0. The van der Waals surface area contributed by atoms with E-state index in [1.54, 1.807) is 0 Å². The molecule has 1 heterocycles. The van der Waals surface area contributed by atoms with Gasteiger partial charge in [0.25, 0.3) is 10.1 Å². The SMILES string of the molecule is O=S1(=O)CN=CCO1. The van der Waals surface area contributed by atoms with Gasteiger partial charge in [-0.1, -0.05) is 0 Å². The number of nitrogens with zero attached hydrogens (tertiary/aromatic N) is 1. The lowest BCUT2D eigenvalue weighted by Crippen LogP contribution is -2.15. The summed E-state index contributed by atoms with van der Waals surface area (Å²) in [5, 5.41) is 0. The molecule has 0 radical (unpaired) electrons. The first-order valence-corrected chi connectivity index (χ1v) is 3.64. The van der Waals surface area contributed by atoms with E-state index in [9.17, 15) is 8.42 Å². The summed E-state index contributed by atoms with van der Waals surface area (Å²) in [5.41, 5.74) is 0. The lowest BCUT2D eigenvalue weighted by atomic mass is 10.8. The van der Waals surface area contributed by atoms with E-state index in [-0.39, 0.29) is 12.5 Å². The largest absolute Gasteiger partial charge is 0.288 e. The van der Waals surface area contributed by atoms with Crippen LogP contribution in [0.25, 0.3) is 0 Å². The van der Waals surface area contributed by atoms with E-state index in [1.165, 1.54) is 6.21 Å². The van der Waals surface area contributed by atoms with E-state index in [0.29, 0.717) is 0 Å². The third kappa shape index (κ3) is 1.28. The zero-order valence-corrected chi connectivity index (χ0v) is 4.89. The van der Waals surface area contributed by atoms with Crippen molar-refractivity contribution in [3.05, 3.63) is 0 Å². The van der Waals surface area contributed by atoms with Gasteiger partial charge in [0.2, 0.25) is 0 Å².